The Kier molecular flexibility index (Phi) is 4.79. The molecule has 1 rings (SSSR count). The van der Waals surface area contributed by atoms with Crippen LogP contribution in [0, 0.1) is 5.82 Å². The average molecular weight is 228 g/mol. The van der Waals surface area contributed by atoms with Gasteiger partial charge < -0.3 is 5.32 Å². The molecule has 82 valence electrons. The summed E-state index contributed by atoms with van der Waals surface area (Å²) in [5.74, 6) is -0.377. The van der Waals surface area contributed by atoms with Gasteiger partial charge in [0.25, 0.3) is 0 Å². The van der Waals surface area contributed by atoms with Gasteiger partial charge in [0.05, 0.1) is 5.02 Å². The van der Waals surface area contributed by atoms with Crippen LogP contribution in [-0.4, -0.2) is 13.1 Å². The number of likely N-dealkylation sites (N-methyl/N-ethyl adjacent to an activating group) is 1. The van der Waals surface area contributed by atoms with Gasteiger partial charge in [-0.3, -0.25) is 0 Å². The molecule has 0 aliphatic carbocycles. The molecule has 1 nitrogen and oxygen atoms in total. The summed E-state index contributed by atoms with van der Waals surface area (Å²) in [7, 11) is 0. The minimum absolute atomic E-state index is 0.167. The Morgan fingerprint density at radius 1 is 1.53 bits per heavy atom. The molecule has 0 saturated heterocycles. The van der Waals surface area contributed by atoms with E-state index in [1.165, 1.54) is 11.6 Å². The Morgan fingerprint density at radius 2 is 2.27 bits per heavy atom. The van der Waals surface area contributed by atoms with E-state index in [1.807, 2.05) is 13.0 Å². The second kappa shape index (κ2) is 5.89. The van der Waals surface area contributed by atoms with Crippen molar-refractivity contribution in [2.24, 2.45) is 0 Å². The Bertz CT molecular complexity index is 361. The molecule has 0 heterocycles. The van der Waals surface area contributed by atoms with Crippen LogP contribution in [0.5, 0.6) is 0 Å². The van der Waals surface area contributed by atoms with Crippen molar-refractivity contribution >= 4 is 17.7 Å². The highest BCUT2D eigenvalue weighted by Gasteiger charge is 1.99. The molecule has 0 saturated carbocycles. The van der Waals surface area contributed by atoms with Gasteiger partial charge in [-0.2, -0.15) is 0 Å². The van der Waals surface area contributed by atoms with Gasteiger partial charge in [0.2, 0.25) is 0 Å². The first-order chi connectivity index (χ1) is 7.13. The molecule has 0 aliphatic heterocycles. The number of halogens is 2. The number of nitrogens with one attached hydrogen (secondary N) is 1. The fraction of sp³-hybridized carbons (Fsp3) is 0.333. The van der Waals surface area contributed by atoms with Gasteiger partial charge in [0.15, 0.2) is 0 Å². The highest BCUT2D eigenvalue weighted by atomic mass is 35.5. The van der Waals surface area contributed by atoms with Crippen LogP contribution in [0.25, 0.3) is 6.08 Å². The molecule has 0 atom stereocenters. The zero-order valence-corrected chi connectivity index (χ0v) is 9.74. The maximum absolute atomic E-state index is 12.9. The minimum Gasteiger partial charge on any atom is -0.313 e. The normalized spacial score (nSPS) is 11.9. The van der Waals surface area contributed by atoms with Crippen molar-refractivity contribution in [1.29, 1.82) is 0 Å². The predicted molar refractivity (Wildman–Crippen MR) is 63.6 cm³/mol. The van der Waals surface area contributed by atoms with Crippen LogP contribution in [0.2, 0.25) is 5.02 Å². The van der Waals surface area contributed by atoms with Gasteiger partial charge in [-0.25, -0.2) is 4.39 Å². The first-order valence-corrected chi connectivity index (χ1v) is 5.34. The lowest BCUT2D eigenvalue weighted by Gasteiger charge is -2.02. The van der Waals surface area contributed by atoms with Gasteiger partial charge in [-0.15, -0.1) is 0 Å². The molecule has 1 aromatic rings. The van der Waals surface area contributed by atoms with Crippen LogP contribution in [0.3, 0.4) is 0 Å². The van der Waals surface area contributed by atoms with Crippen molar-refractivity contribution < 1.29 is 4.39 Å². The third-order valence-corrected chi connectivity index (χ3v) is 2.30. The van der Waals surface area contributed by atoms with Crippen molar-refractivity contribution in [2.45, 2.75) is 13.8 Å². The minimum atomic E-state index is -0.377. The maximum Gasteiger partial charge on any atom is 0.141 e. The number of hydrogen-bond donors (Lipinski definition) is 1. The predicted octanol–water partition coefficient (Wildman–Crippen LogP) is 3.49. The number of benzene rings is 1. The quantitative estimate of drug-likeness (QED) is 0.830. The van der Waals surface area contributed by atoms with E-state index >= 15 is 0 Å². The van der Waals surface area contributed by atoms with E-state index in [0.29, 0.717) is 0 Å². The monoisotopic (exact) mass is 227 g/mol. The summed E-state index contributed by atoms with van der Waals surface area (Å²) in [4.78, 5) is 0. The van der Waals surface area contributed by atoms with Crippen LogP contribution in [0.15, 0.2) is 23.8 Å². The van der Waals surface area contributed by atoms with E-state index in [9.17, 15) is 4.39 Å². The lowest BCUT2D eigenvalue weighted by molar-refractivity contribution is 0.628. The zero-order valence-electron chi connectivity index (χ0n) is 8.98. The van der Waals surface area contributed by atoms with Crippen LogP contribution in [0.1, 0.15) is 19.4 Å². The van der Waals surface area contributed by atoms with Crippen LogP contribution >= 0.6 is 11.6 Å². The van der Waals surface area contributed by atoms with Crippen LogP contribution in [-0.2, 0) is 0 Å². The molecular weight excluding hydrogens is 213 g/mol. The van der Waals surface area contributed by atoms with E-state index in [4.69, 9.17) is 11.6 Å². The molecule has 0 bridgehead atoms. The molecule has 15 heavy (non-hydrogen) atoms. The highest BCUT2D eigenvalue weighted by molar-refractivity contribution is 6.30. The molecule has 3 heteroatoms. The molecule has 0 aliphatic rings. The summed E-state index contributed by atoms with van der Waals surface area (Å²) >= 11 is 5.68. The number of rotatable bonds is 4. The summed E-state index contributed by atoms with van der Waals surface area (Å²) in [6.45, 7) is 5.86. The van der Waals surface area contributed by atoms with E-state index < -0.39 is 0 Å². The van der Waals surface area contributed by atoms with E-state index in [0.717, 1.165) is 18.7 Å². The van der Waals surface area contributed by atoms with Crippen molar-refractivity contribution in [1.82, 2.24) is 5.32 Å². The molecular formula is C12H15ClFN. The van der Waals surface area contributed by atoms with Crippen molar-refractivity contribution in [3.8, 4) is 0 Å². The second-order valence-electron chi connectivity index (χ2n) is 3.44. The standard InChI is InChI=1S/C12H15ClFN/c1-3-15-8-9(2)6-10-4-5-12(14)11(13)7-10/h4-7,15H,3,8H2,1-2H3/b9-6+. The van der Waals surface area contributed by atoms with Gasteiger partial charge in [-0.05, 0) is 31.2 Å². The molecule has 0 fully saturated rings. The summed E-state index contributed by atoms with van der Waals surface area (Å²) in [6, 6.07) is 4.73. The first kappa shape index (κ1) is 12.2. The Balaban J connectivity index is 2.75. The zero-order chi connectivity index (χ0) is 11.3. The number of hydrogen-bond acceptors (Lipinski definition) is 1. The summed E-state index contributed by atoms with van der Waals surface area (Å²) < 4.78 is 12.9. The average Bonchev–Trinajstić information content (AvgIpc) is 2.20. The van der Waals surface area contributed by atoms with Crippen molar-refractivity contribution in [2.75, 3.05) is 13.1 Å². The Hall–Kier alpha value is -0.860. The maximum atomic E-state index is 12.9. The molecule has 0 unspecified atom stereocenters. The highest BCUT2D eigenvalue weighted by Crippen LogP contribution is 2.17. The first-order valence-electron chi connectivity index (χ1n) is 4.96. The molecule has 0 radical (unpaired) electrons. The van der Waals surface area contributed by atoms with E-state index in [-0.39, 0.29) is 10.8 Å². The molecule has 0 amide bonds. The summed E-state index contributed by atoms with van der Waals surface area (Å²) in [5.41, 5.74) is 2.12. The Labute approximate surface area is 95.0 Å². The van der Waals surface area contributed by atoms with E-state index in [1.54, 1.807) is 12.1 Å². The summed E-state index contributed by atoms with van der Waals surface area (Å²) in [5, 5.41) is 3.39. The topological polar surface area (TPSA) is 12.0 Å². The Morgan fingerprint density at radius 3 is 2.87 bits per heavy atom. The fourth-order valence-corrected chi connectivity index (χ4v) is 1.45. The van der Waals surface area contributed by atoms with Gasteiger partial charge in [0, 0.05) is 6.54 Å². The van der Waals surface area contributed by atoms with Gasteiger partial charge in [0.1, 0.15) is 5.82 Å². The SMILES string of the molecule is CCNC/C(C)=C/c1ccc(F)c(Cl)c1. The lowest BCUT2D eigenvalue weighted by Crippen LogP contribution is -2.14. The smallest absolute Gasteiger partial charge is 0.141 e. The largest absolute Gasteiger partial charge is 0.313 e. The van der Waals surface area contributed by atoms with Crippen molar-refractivity contribution in [3.05, 3.63) is 40.2 Å². The van der Waals surface area contributed by atoms with E-state index in [2.05, 4.69) is 12.2 Å². The molecule has 0 spiro atoms. The fourth-order valence-electron chi connectivity index (χ4n) is 1.26. The molecule has 0 aromatic heterocycles. The third kappa shape index (κ3) is 4.02. The second-order valence-corrected chi connectivity index (χ2v) is 3.85. The lowest BCUT2D eigenvalue weighted by atomic mass is 10.1. The molecule has 1 N–H and O–H groups in total. The van der Waals surface area contributed by atoms with Crippen molar-refractivity contribution in [3.63, 3.8) is 0 Å². The summed E-state index contributed by atoms with van der Waals surface area (Å²) in [6.07, 6.45) is 1.99. The molecule has 1 aromatic carbocycles. The third-order valence-electron chi connectivity index (χ3n) is 2.01. The van der Waals surface area contributed by atoms with Gasteiger partial charge in [-0.1, -0.05) is 36.2 Å². The van der Waals surface area contributed by atoms with Crippen LogP contribution in [0.4, 0.5) is 4.39 Å². The van der Waals surface area contributed by atoms with Gasteiger partial charge >= 0.3 is 0 Å². The van der Waals surface area contributed by atoms with Crippen LogP contribution < -0.4 is 5.32 Å².